The van der Waals surface area contributed by atoms with E-state index >= 15 is 0 Å². The van der Waals surface area contributed by atoms with Crippen LogP contribution in [0.5, 0.6) is 0 Å². The highest BCUT2D eigenvalue weighted by Crippen LogP contribution is 2.29. The number of nitrogens with zero attached hydrogens (tertiary/aromatic N) is 4. The van der Waals surface area contributed by atoms with Crippen LogP contribution in [0.3, 0.4) is 0 Å². The summed E-state index contributed by atoms with van der Waals surface area (Å²) in [6.07, 6.45) is 10.2. The van der Waals surface area contributed by atoms with Crippen LogP contribution in [0.25, 0.3) is 10.8 Å². The molecule has 10 heteroatoms. The normalized spacial score (nSPS) is 18.5. The Kier molecular flexibility index (Phi) is 12.8. The maximum atomic E-state index is 13.7. The number of carbonyl (C=O) groups is 2. The zero-order chi connectivity index (χ0) is 33.9. The lowest BCUT2D eigenvalue weighted by Gasteiger charge is -2.36. The molecule has 1 aromatic heterocycles. The Hall–Kier alpha value is -4.05. The molecule has 2 aliphatic heterocycles. The lowest BCUT2D eigenvalue weighted by molar-refractivity contribution is -0.123. The third kappa shape index (κ3) is 8.89. The van der Waals surface area contributed by atoms with Gasteiger partial charge < -0.3 is 10.2 Å². The molecule has 48 heavy (non-hydrogen) atoms. The minimum Gasteiger partial charge on any atom is -0.483 e. The van der Waals surface area contributed by atoms with E-state index in [1.54, 1.807) is 11.1 Å². The monoisotopic (exact) mass is 672 g/mol. The second-order valence-corrected chi connectivity index (χ2v) is 13.3. The van der Waals surface area contributed by atoms with Gasteiger partial charge in [-0.1, -0.05) is 66.6 Å². The predicted molar refractivity (Wildman–Crippen MR) is 189 cm³/mol. The SMILES string of the molecule is O=CO.O=CO.O=c1c2ccccc2c(Cc2ccc(Cl)cc2)nn1C1CCCN(Cc2ccc3c(c2)CCN(C2CCC2)CC3)CC1. The Labute approximate surface area is 286 Å². The lowest BCUT2D eigenvalue weighted by Crippen LogP contribution is -2.41. The molecule has 7 rings (SSSR count). The Balaban J connectivity index is 0.000000701. The molecule has 9 nitrogen and oxygen atoms in total. The molecule has 0 bridgehead atoms. The molecule has 3 heterocycles. The molecule has 0 radical (unpaired) electrons. The van der Waals surface area contributed by atoms with Gasteiger partial charge in [-0.2, -0.15) is 5.10 Å². The first-order valence-corrected chi connectivity index (χ1v) is 17.3. The van der Waals surface area contributed by atoms with Gasteiger partial charge in [0.1, 0.15) is 0 Å². The minimum absolute atomic E-state index is 0.0330. The fourth-order valence-electron chi connectivity index (χ4n) is 7.26. The van der Waals surface area contributed by atoms with Crippen molar-refractivity contribution in [2.45, 2.75) is 76.4 Å². The Bertz CT molecular complexity index is 1720. The minimum atomic E-state index is -0.250. The average molecular weight is 673 g/mol. The van der Waals surface area contributed by atoms with E-state index in [-0.39, 0.29) is 24.5 Å². The van der Waals surface area contributed by atoms with Crippen LogP contribution in [0, 0.1) is 0 Å². The maximum absolute atomic E-state index is 13.7. The zero-order valence-electron chi connectivity index (χ0n) is 27.3. The van der Waals surface area contributed by atoms with Crippen molar-refractivity contribution in [1.82, 2.24) is 19.6 Å². The summed E-state index contributed by atoms with van der Waals surface area (Å²) < 4.78 is 1.81. The molecule has 3 aromatic carbocycles. The number of aromatic nitrogens is 2. The molecule has 2 N–H and O–H groups in total. The molecule has 1 saturated carbocycles. The zero-order valence-corrected chi connectivity index (χ0v) is 28.1. The van der Waals surface area contributed by atoms with Gasteiger partial charge in [0.05, 0.1) is 17.1 Å². The van der Waals surface area contributed by atoms with Gasteiger partial charge in [0.25, 0.3) is 18.5 Å². The summed E-state index contributed by atoms with van der Waals surface area (Å²) in [5.74, 6) is 0. The molecular formula is C38H45ClN4O5. The summed E-state index contributed by atoms with van der Waals surface area (Å²) in [5, 5.41) is 21.2. The number of halogens is 1. The van der Waals surface area contributed by atoms with Gasteiger partial charge in [0, 0.05) is 49.1 Å². The summed E-state index contributed by atoms with van der Waals surface area (Å²) in [4.78, 5) is 35.7. The van der Waals surface area contributed by atoms with Crippen LogP contribution in [0.2, 0.25) is 5.02 Å². The van der Waals surface area contributed by atoms with Gasteiger partial charge in [-0.05, 0) is 91.9 Å². The number of benzene rings is 3. The van der Waals surface area contributed by atoms with E-state index in [9.17, 15) is 4.79 Å². The van der Waals surface area contributed by atoms with Crippen LogP contribution < -0.4 is 5.56 Å². The van der Waals surface area contributed by atoms with Gasteiger partial charge in [-0.25, -0.2) is 4.68 Å². The molecule has 1 aliphatic carbocycles. The van der Waals surface area contributed by atoms with Crippen molar-refractivity contribution in [2.75, 3.05) is 26.2 Å². The van der Waals surface area contributed by atoms with E-state index in [1.165, 1.54) is 50.8 Å². The standard InChI is InChI=1S/C36H41ClN4O.2CH2O2/c37-30-14-11-26(12-15-30)24-35-33-8-1-2-9-34(33)36(42)41(38-35)32-7-4-19-39(20-18-32)25-27-10-13-28-16-21-40(31-5-3-6-31)22-17-29(28)23-27;2*2-1-3/h1-2,8-15,23,31-32H,3-7,16-22,24-25H2;2*1H,(H,2,3). The molecule has 1 saturated heterocycles. The van der Waals surface area contributed by atoms with Crippen LogP contribution in [-0.4, -0.2) is 75.0 Å². The topological polar surface area (TPSA) is 116 Å². The third-order valence-electron chi connectivity index (χ3n) is 9.93. The van der Waals surface area contributed by atoms with Crippen molar-refractivity contribution in [3.63, 3.8) is 0 Å². The summed E-state index contributed by atoms with van der Waals surface area (Å²) in [5.41, 5.74) is 6.66. The Morgan fingerprint density at radius 3 is 2.08 bits per heavy atom. The van der Waals surface area contributed by atoms with Gasteiger partial charge in [-0.3, -0.25) is 24.2 Å². The highest BCUT2D eigenvalue weighted by molar-refractivity contribution is 6.30. The molecule has 4 aromatic rings. The first-order chi connectivity index (χ1) is 23.4. The molecule has 0 amide bonds. The fourth-order valence-corrected chi connectivity index (χ4v) is 7.38. The quantitative estimate of drug-likeness (QED) is 0.232. The first kappa shape index (κ1) is 35.3. The smallest absolute Gasteiger partial charge is 0.290 e. The Morgan fingerprint density at radius 2 is 1.40 bits per heavy atom. The molecule has 0 spiro atoms. The van der Waals surface area contributed by atoms with Crippen molar-refractivity contribution in [2.24, 2.45) is 0 Å². The second-order valence-electron chi connectivity index (χ2n) is 12.8. The number of rotatable bonds is 6. The molecular weight excluding hydrogens is 628 g/mol. The van der Waals surface area contributed by atoms with Gasteiger partial charge in [0.2, 0.25) is 0 Å². The van der Waals surface area contributed by atoms with Gasteiger partial charge in [-0.15, -0.1) is 0 Å². The van der Waals surface area contributed by atoms with E-state index in [4.69, 9.17) is 36.5 Å². The van der Waals surface area contributed by atoms with E-state index in [0.29, 0.717) is 6.42 Å². The molecule has 1 unspecified atom stereocenters. The van der Waals surface area contributed by atoms with Gasteiger partial charge >= 0.3 is 0 Å². The van der Waals surface area contributed by atoms with Crippen molar-refractivity contribution < 1.29 is 19.8 Å². The number of likely N-dealkylation sites (tertiary alicyclic amines) is 1. The average Bonchev–Trinajstić information content (AvgIpc) is 3.42. The van der Waals surface area contributed by atoms with E-state index < -0.39 is 0 Å². The first-order valence-electron chi connectivity index (χ1n) is 16.9. The molecule has 2 fully saturated rings. The summed E-state index contributed by atoms with van der Waals surface area (Å²) >= 11 is 6.13. The second kappa shape index (κ2) is 17.4. The summed E-state index contributed by atoms with van der Waals surface area (Å²) in [6, 6.07) is 24.1. The number of carboxylic acid groups (broad SMARTS) is 2. The third-order valence-corrected chi connectivity index (χ3v) is 10.2. The fraction of sp³-hybridized carbons (Fsp3) is 0.421. The molecule has 3 aliphatic rings. The lowest BCUT2D eigenvalue weighted by atomic mass is 9.91. The van der Waals surface area contributed by atoms with Crippen molar-refractivity contribution in [1.29, 1.82) is 0 Å². The van der Waals surface area contributed by atoms with Crippen LogP contribution >= 0.6 is 11.6 Å². The van der Waals surface area contributed by atoms with E-state index in [1.807, 2.05) is 53.2 Å². The summed E-state index contributed by atoms with van der Waals surface area (Å²) in [7, 11) is 0. The van der Waals surface area contributed by atoms with E-state index in [0.717, 1.165) is 72.0 Å². The molecule has 254 valence electrons. The number of fused-ring (bicyclic) bond motifs is 2. The van der Waals surface area contributed by atoms with Crippen molar-refractivity contribution in [3.8, 4) is 0 Å². The van der Waals surface area contributed by atoms with Gasteiger partial charge in [0.15, 0.2) is 0 Å². The van der Waals surface area contributed by atoms with Crippen LogP contribution in [0.1, 0.15) is 72.5 Å². The maximum Gasteiger partial charge on any atom is 0.290 e. The highest BCUT2D eigenvalue weighted by Gasteiger charge is 2.27. The highest BCUT2D eigenvalue weighted by atomic mass is 35.5. The molecule has 1 atom stereocenters. The largest absolute Gasteiger partial charge is 0.483 e. The van der Waals surface area contributed by atoms with E-state index in [2.05, 4.69) is 28.0 Å². The summed E-state index contributed by atoms with van der Waals surface area (Å²) in [6.45, 7) is 4.94. The van der Waals surface area contributed by atoms with Crippen LogP contribution in [-0.2, 0) is 35.4 Å². The van der Waals surface area contributed by atoms with Crippen molar-refractivity contribution >= 4 is 35.3 Å². The number of hydrogen-bond donors (Lipinski definition) is 2. The van der Waals surface area contributed by atoms with Crippen LogP contribution in [0.4, 0.5) is 0 Å². The van der Waals surface area contributed by atoms with Crippen molar-refractivity contribution in [3.05, 3.63) is 110 Å². The van der Waals surface area contributed by atoms with Crippen LogP contribution in [0.15, 0.2) is 71.5 Å². The Morgan fingerprint density at radius 1 is 0.750 bits per heavy atom. The predicted octanol–water partition coefficient (Wildman–Crippen LogP) is 6.22. The number of hydrogen-bond acceptors (Lipinski definition) is 6.